The molecule has 1 aliphatic carbocycles. The van der Waals surface area contributed by atoms with Gasteiger partial charge in [-0.05, 0) is 35.4 Å². The average molecular weight is 294 g/mol. The molecule has 0 saturated heterocycles. The molecule has 4 heteroatoms. The van der Waals surface area contributed by atoms with Gasteiger partial charge in [0.25, 0.3) is 0 Å². The molecular formula is C18H14O4. The minimum absolute atomic E-state index is 0.0749. The summed E-state index contributed by atoms with van der Waals surface area (Å²) in [5.74, 6) is -0.439. The Labute approximate surface area is 127 Å². The summed E-state index contributed by atoms with van der Waals surface area (Å²) in [4.78, 5) is 23.7. The first-order valence-corrected chi connectivity index (χ1v) is 6.84. The van der Waals surface area contributed by atoms with Crippen molar-refractivity contribution in [3.05, 3.63) is 70.3 Å². The first-order valence-electron chi connectivity index (χ1n) is 6.84. The Bertz CT molecular complexity index is 802. The van der Waals surface area contributed by atoms with Crippen LogP contribution in [-0.4, -0.2) is 24.0 Å². The fourth-order valence-corrected chi connectivity index (χ4v) is 2.63. The van der Waals surface area contributed by atoms with Crippen molar-refractivity contribution in [2.75, 3.05) is 7.11 Å². The molecule has 22 heavy (non-hydrogen) atoms. The van der Waals surface area contributed by atoms with Gasteiger partial charge in [-0.1, -0.05) is 24.3 Å². The van der Waals surface area contributed by atoms with Gasteiger partial charge in [-0.25, -0.2) is 4.79 Å². The molecule has 3 rings (SSSR count). The molecule has 2 aromatic rings. The molecule has 4 nitrogen and oxygen atoms in total. The molecule has 0 heterocycles. The predicted molar refractivity (Wildman–Crippen MR) is 82.4 cm³/mol. The van der Waals surface area contributed by atoms with Crippen LogP contribution in [0.15, 0.2) is 48.0 Å². The number of hydrogen-bond acceptors (Lipinski definition) is 3. The first kappa shape index (κ1) is 14.1. The van der Waals surface area contributed by atoms with Gasteiger partial charge < -0.3 is 9.84 Å². The summed E-state index contributed by atoms with van der Waals surface area (Å²) in [6.45, 7) is 0. The number of carbonyl (C=O) groups excluding carboxylic acids is 1. The van der Waals surface area contributed by atoms with Crippen molar-refractivity contribution in [1.82, 2.24) is 0 Å². The molecule has 0 aliphatic heterocycles. The summed E-state index contributed by atoms with van der Waals surface area (Å²) >= 11 is 0. The SMILES string of the molecule is COc1ccc2c(c1)C(=O)/C(=C\c1ccccc1C(=O)O)C2. The molecule has 0 fully saturated rings. The van der Waals surface area contributed by atoms with Crippen molar-refractivity contribution >= 4 is 17.8 Å². The lowest BCUT2D eigenvalue weighted by molar-refractivity contribution is 0.0696. The summed E-state index contributed by atoms with van der Waals surface area (Å²) in [6, 6.07) is 12.1. The van der Waals surface area contributed by atoms with E-state index in [1.807, 2.05) is 12.1 Å². The number of carbonyl (C=O) groups is 2. The van der Waals surface area contributed by atoms with E-state index >= 15 is 0 Å². The number of ether oxygens (including phenoxy) is 1. The lowest BCUT2D eigenvalue weighted by Gasteiger charge is -2.02. The van der Waals surface area contributed by atoms with E-state index in [2.05, 4.69) is 0 Å². The highest BCUT2D eigenvalue weighted by molar-refractivity contribution is 6.16. The maximum absolute atomic E-state index is 12.5. The second-order valence-electron chi connectivity index (χ2n) is 5.09. The van der Waals surface area contributed by atoms with Crippen molar-refractivity contribution in [1.29, 1.82) is 0 Å². The monoisotopic (exact) mass is 294 g/mol. The Kier molecular flexibility index (Phi) is 3.51. The van der Waals surface area contributed by atoms with Crippen LogP contribution in [0.25, 0.3) is 6.08 Å². The van der Waals surface area contributed by atoms with Gasteiger partial charge in [0.2, 0.25) is 0 Å². The number of allylic oxidation sites excluding steroid dienone is 1. The van der Waals surface area contributed by atoms with Gasteiger partial charge in [-0.3, -0.25) is 4.79 Å². The number of rotatable bonds is 3. The molecule has 2 aromatic carbocycles. The van der Waals surface area contributed by atoms with E-state index < -0.39 is 5.97 Å². The second kappa shape index (κ2) is 5.48. The summed E-state index contributed by atoms with van der Waals surface area (Å²) in [5.41, 5.74) is 2.88. The highest BCUT2D eigenvalue weighted by Crippen LogP contribution is 2.31. The number of ketones is 1. The predicted octanol–water partition coefficient (Wildman–Crippen LogP) is 3.22. The molecule has 0 spiro atoms. The van der Waals surface area contributed by atoms with Gasteiger partial charge >= 0.3 is 5.97 Å². The third-order valence-corrected chi connectivity index (χ3v) is 3.76. The van der Waals surface area contributed by atoms with E-state index in [9.17, 15) is 14.7 Å². The first-order chi connectivity index (χ1) is 10.6. The van der Waals surface area contributed by atoms with E-state index in [0.717, 1.165) is 5.56 Å². The number of aromatic carboxylic acids is 1. The van der Waals surface area contributed by atoms with Crippen molar-refractivity contribution in [2.45, 2.75) is 6.42 Å². The van der Waals surface area contributed by atoms with Gasteiger partial charge in [0.15, 0.2) is 5.78 Å². The number of hydrogen-bond donors (Lipinski definition) is 1. The molecule has 0 amide bonds. The Morgan fingerprint density at radius 3 is 2.73 bits per heavy atom. The van der Waals surface area contributed by atoms with Crippen LogP contribution in [0.2, 0.25) is 0 Å². The molecule has 110 valence electrons. The minimum Gasteiger partial charge on any atom is -0.497 e. The van der Waals surface area contributed by atoms with E-state index in [4.69, 9.17) is 4.74 Å². The van der Waals surface area contributed by atoms with Crippen molar-refractivity contribution < 1.29 is 19.4 Å². The summed E-state index contributed by atoms with van der Waals surface area (Å²) in [5, 5.41) is 9.22. The number of fused-ring (bicyclic) bond motifs is 1. The van der Waals surface area contributed by atoms with Crippen LogP contribution in [0.4, 0.5) is 0 Å². The lowest BCUT2D eigenvalue weighted by Crippen LogP contribution is -2.01. The summed E-state index contributed by atoms with van der Waals surface area (Å²) in [7, 11) is 1.56. The van der Waals surface area contributed by atoms with Crippen LogP contribution in [0.1, 0.15) is 31.8 Å². The van der Waals surface area contributed by atoms with Gasteiger partial charge in [0.05, 0.1) is 12.7 Å². The fourth-order valence-electron chi connectivity index (χ4n) is 2.63. The Hall–Kier alpha value is -2.88. The topological polar surface area (TPSA) is 63.6 Å². The van der Waals surface area contributed by atoms with Crippen LogP contribution in [-0.2, 0) is 6.42 Å². The van der Waals surface area contributed by atoms with Crippen molar-refractivity contribution in [3.63, 3.8) is 0 Å². The number of Topliss-reactive ketones (excluding diaryl/α,β-unsaturated/α-hetero) is 1. The van der Waals surface area contributed by atoms with Gasteiger partial charge in [-0.2, -0.15) is 0 Å². The maximum atomic E-state index is 12.5. The average Bonchev–Trinajstić information content (AvgIpc) is 2.83. The smallest absolute Gasteiger partial charge is 0.336 e. The lowest BCUT2D eigenvalue weighted by atomic mass is 10.0. The molecule has 0 saturated carbocycles. The zero-order valence-electron chi connectivity index (χ0n) is 12.0. The largest absolute Gasteiger partial charge is 0.497 e. The normalized spacial score (nSPS) is 15.0. The molecule has 1 N–H and O–H groups in total. The fraction of sp³-hybridized carbons (Fsp3) is 0.111. The standard InChI is InChI=1S/C18H14O4/c1-22-14-7-6-12-9-13(17(19)16(12)10-14)8-11-4-2-3-5-15(11)18(20)21/h2-8,10H,9H2,1H3,(H,20,21)/b13-8-. The molecule has 0 aromatic heterocycles. The molecule has 0 radical (unpaired) electrons. The molecular weight excluding hydrogens is 280 g/mol. The van der Waals surface area contributed by atoms with E-state index in [0.29, 0.717) is 28.9 Å². The Balaban J connectivity index is 2.02. The quantitative estimate of drug-likeness (QED) is 0.883. The van der Waals surface area contributed by atoms with Crippen LogP contribution >= 0.6 is 0 Å². The highest BCUT2D eigenvalue weighted by atomic mass is 16.5. The van der Waals surface area contributed by atoms with Crippen LogP contribution < -0.4 is 4.74 Å². The molecule has 0 atom stereocenters. The van der Waals surface area contributed by atoms with Crippen LogP contribution in [0, 0.1) is 0 Å². The number of benzene rings is 2. The Morgan fingerprint density at radius 1 is 1.23 bits per heavy atom. The van der Waals surface area contributed by atoms with Crippen LogP contribution in [0.3, 0.4) is 0 Å². The number of methoxy groups -OCH3 is 1. The Morgan fingerprint density at radius 2 is 2.00 bits per heavy atom. The summed E-state index contributed by atoms with van der Waals surface area (Å²) < 4.78 is 5.14. The van der Waals surface area contributed by atoms with Crippen LogP contribution in [0.5, 0.6) is 5.75 Å². The maximum Gasteiger partial charge on any atom is 0.336 e. The van der Waals surface area contributed by atoms with E-state index in [1.165, 1.54) is 6.07 Å². The van der Waals surface area contributed by atoms with Crippen molar-refractivity contribution in [3.8, 4) is 5.75 Å². The highest BCUT2D eigenvalue weighted by Gasteiger charge is 2.25. The molecule has 0 bridgehead atoms. The number of carboxylic acids is 1. The zero-order valence-corrected chi connectivity index (χ0v) is 12.0. The van der Waals surface area contributed by atoms with Gasteiger partial charge in [0, 0.05) is 17.6 Å². The summed E-state index contributed by atoms with van der Waals surface area (Å²) in [6.07, 6.45) is 2.17. The second-order valence-corrected chi connectivity index (χ2v) is 5.09. The van der Waals surface area contributed by atoms with Gasteiger partial charge in [0.1, 0.15) is 5.75 Å². The molecule has 1 aliphatic rings. The minimum atomic E-state index is -1.00. The van der Waals surface area contributed by atoms with E-state index in [1.54, 1.807) is 37.5 Å². The number of carboxylic acid groups (broad SMARTS) is 1. The third kappa shape index (κ3) is 2.39. The van der Waals surface area contributed by atoms with Crippen molar-refractivity contribution in [2.24, 2.45) is 0 Å². The van der Waals surface area contributed by atoms with E-state index in [-0.39, 0.29) is 11.3 Å². The molecule has 0 unspecified atom stereocenters. The van der Waals surface area contributed by atoms with Gasteiger partial charge in [-0.15, -0.1) is 0 Å². The third-order valence-electron chi connectivity index (χ3n) is 3.76. The zero-order chi connectivity index (χ0) is 15.7.